The van der Waals surface area contributed by atoms with Crippen molar-refractivity contribution in [3.8, 4) is 0 Å². The lowest BCUT2D eigenvalue weighted by atomic mass is 9.83. The molecular formula is C11H20N2O. The summed E-state index contributed by atoms with van der Waals surface area (Å²) in [5.41, 5.74) is 0. The van der Waals surface area contributed by atoms with E-state index in [9.17, 15) is 4.79 Å². The summed E-state index contributed by atoms with van der Waals surface area (Å²) in [6.45, 7) is 0. The Labute approximate surface area is 85.8 Å². The van der Waals surface area contributed by atoms with E-state index in [-0.39, 0.29) is 6.04 Å². The standard InChI is InChI=1S/C11H20N2O/c1-12-10-7-8-4-3-5-9(6-8)13(2)11(10)14/h8-10,12H,3-7H2,1-2H3. The topological polar surface area (TPSA) is 32.3 Å². The lowest BCUT2D eigenvalue weighted by Gasteiger charge is -2.31. The largest absolute Gasteiger partial charge is 0.341 e. The van der Waals surface area contributed by atoms with Gasteiger partial charge in [-0.05, 0) is 32.2 Å². The van der Waals surface area contributed by atoms with Crippen LogP contribution >= 0.6 is 0 Å². The molecule has 3 unspecified atom stereocenters. The van der Waals surface area contributed by atoms with Gasteiger partial charge in [0.05, 0.1) is 6.04 Å². The van der Waals surface area contributed by atoms with E-state index >= 15 is 0 Å². The Bertz CT molecular complexity index is 225. The van der Waals surface area contributed by atoms with E-state index in [0.29, 0.717) is 11.9 Å². The van der Waals surface area contributed by atoms with Crippen molar-refractivity contribution in [3.05, 3.63) is 0 Å². The van der Waals surface area contributed by atoms with Gasteiger partial charge in [0, 0.05) is 13.1 Å². The summed E-state index contributed by atoms with van der Waals surface area (Å²) < 4.78 is 0. The van der Waals surface area contributed by atoms with Crippen LogP contribution in [-0.4, -0.2) is 37.0 Å². The molecule has 80 valence electrons. The number of amides is 1. The lowest BCUT2D eigenvalue weighted by molar-refractivity contribution is -0.133. The number of rotatable bonds is 1. The average molecular weight is 196 g/mol. The number of fused-ring (bicyclic) bond motifs is 2. The fourth-order valence-electron chi connectivity index (χ4n) is 2.93. The smallest absolute Gasteiger partial charge is 0.239 e. The van der Waals surface area contributed by atoms with E-state index in [4.69, 9.17) is 0 Å². The summed E-state index contributed by atoms with van der Waals surface area (Å²) in [6.07, 6.45) is 6.07. The van der Waals surface area contributed by atoms with Crippen molar-refractivity contribution in [2.24, 2.45) is 5.92 Å². The summed E-state index contributed by atoms with van der Waals surface area (Å²) in [5, 5.41) is 3.15. The highest BCUT2D eigenvalue weighted by molar-refractivity contribution is 5.82. The molecule has 0 radical (unpaired) electrons. The number of nitrogens with zero attached hydrogens (tertiary/aromatic N) is 1. The molecule has 1 N–H and O–H groups in total. The lowest BCUT2D eigenvalue weighted by Crippen LogP contribution is -2.45. The van der Waals surface area contributed by atoms with E-state index < -0.39 is 0 Å². The van der Waals surface area contributed by atoms with E-state index in [1.807, 2.05) is 19.0 Å². The van der Waals surface area contributed by atoms with Gasteiger partial charge in [0.2, 0.25) is 5.91 Å². The van der Waals surface area contributed by atoms with Gasteiger partial charge in [-0.15, -0.1) is 0 Å². The quantitative estimate of drug-likeness (QED) is 0.678. The number of hydrogen-bond acceptors (Lipinski definition) is 2. The molecule has 2 fully saturated rings. The number of carbonyl (C=O) groups excluding carboxylic acids is 1. The summed E-state index contributed by atoms with van der Waals surface area (Å²) in [7, 11) is 3.86. The fraction of sp³-hybridized carbons (Fsp3) is 0.909. The number of hydrogen-bond donors (Lipinski definition) is 1. The SMILES string of the molecule is CNC1CC2CCCC(C2)N(C)C1=O. The number of likely N-dealkylation sites (tertiary alicyclic amines) is 1. The minimum absolute atomic E-state index is 0.0631. The molecule has 1 aliphatic heterocycles. The molecule has 14 heavy (non-hydrogen) atoms. The molecule has 2 aliphatic rings. The molecule has 1 saturated heterocycles. The highest BCUT2D eigenvalue weighted by Gasteiger charge is 2.36. The van der Waals surface area contributed by atoms with E-state index in [1.54, 1.807) is 0 Å². The fourth-order valence-corrected chi connectivity index (χ4v) is 2.93. The summed E-state index contributed by atoms with van der Waals surface area (Å²) >= 11 is 0. The van der Waals surface area contributed by atoms with Gasteiger partial charge < -0.3 is 10.2 Å². The molecule has 3 atom stereocenters. The predicted molar refractivity (Wildman–Crippen MR) is 56.0 cm³/mol. The first-order valence-corrected chi connectivity index (χ1v) is 5.66. The Morgan fingerprint density at radius 3 is 2.86 bits per heavy atom. The van der Waals surface area contributed by atoms with Crippen molar-refractivity contribution in [3.63, 3.8) is 0 Å². The number of nitrogens with one attached hydrogen (secondary N) is 1. The molecular weight excluding hydrogens is 176 g/mol. The molecule has 1 heterocycles. The van der Waals surface area contributed by atoms with Crippen LogP contribution in [-0.2, 0) is 4.79 Å². The molecule has 0 aromatic heterocycles. The first-order valence-electron chi connectivity index (χ1n) is 5.66. The van der Waals surface area contributed by atoms with Gasteiger partial charge in [-0.3, -0.25) is 4.79 Å². The monoisotopic (exact) mass is 196 g/mol. The van der Waals surface area contributed by atoms with Crippen molar-refractivity contribution in [2.75, 3.05) is 14.1 Å². The number of likely N-dealkylation sites (N-methyl/N-ethyl adjacent to an activating group) is 2. The van der Waals surface area contributed by atoms with Crippen LogP contribution in [0.1, 0.15) is 32.1 Å². The third-order valence-electron chi connectivity index (χ3n) is 3.87. The molecule has 3 heteroatoms. The number of carbonyl (C=O) groups is 1. The zero-order chi connectivity index (χ0) is 10.1. The van der Waals surface area contributed by atoms with Crippen LogP contribution < -0.4 is 5.32 Å². The summed E-state index contributed by atoms with van der Waals surface area (Å²) in [5.74, 6) is 1.06. The van der Waals surface area contributed by atoms with Gasteiger partial charge in [-0.2, -0.15) is 0 Å². The first-order chi connectivity index (χ1) is 6.72. The van der Waals surface area contributed by atoms with Crippen LogP contribution in [0.3, 0.4) is 0 Å². The third-order valence-corrected chi connectivity index (χ3v) is 3.87. The van der Waals surface area contributed by atoms with Crippen molar-refractivity contribution in [1.82, 2.24) is 10.2 Å². The Balaban J connectivity index is 2.16. The van der Waals surface area contributed by atoms with Gasteiger partial charge in [-0.25, -0.2) is 0 Å². The van der Waals surface area contributed by atoms with Crippen LogP contribution in [0.15, 0.2) is 0 Å². The minimum atomic E-state index is 0.0631. The Hall–Kier alpha value is -0.570. The van der Waals surface area contributed by atoms with Gasteiger partial charge in [0.1, 0.15) is 0 Å². The van der Waals surface area contributed by atoms with E-state index in [2.05, 4.69) is 5.32 Å². The molecule has 0 aromatic rings. The molecule has 0 spiro atoms. The van der Waals surface area contributed by atoms with Crippen LogP contribution in [0.2, 0.25) is 0 Å². The maximum absolute atomic E-state index is 12.0. The second-order valence-electron chi connectivity index (χ2n) is 4.71. The second kappa shape index (κ2) is 3.89. The van der Waals surface area contributed by atoms with Crippen LogP contribution in [0.5, 0.6) is 0 Å². The Kier molecular flexibility index (Phi) is 2.77. The molecule has 1 amide bonds. The molecule has 1 aliphatic carbocycles. The van der Waals surface area contributed by atoms with Gasteiger partial charge in [0.15, 0.2) is 0 Å². The molecule has 0 aromatic carbocycles. The molecule has 3 nitrogen and oxygen atoms in total. The van der Waals surface area contributed by atoms with Crippen molar-refractivity contribution in [2.45, 2.75) is 44.2 Å². The summed E-state index contributed by atoms with van der Waals surface area (Å²) in [6, 6.07) is 0.577. The van der Waals surface area contributed by atoms with Crippen LogP contribution in [0.25, 0.3) is 0 Å². The maximum Gasteiger partial charge on any atom is 0.239 e. The molecule has 1 saturated carbocycles. The van der Waals surface area contributed by atoms with Gasteiger partial charge >= 0.3 is 0 Å². The highest BCUT2D eigenvalue weighted by atomic mass is 16.2. The minimum Gasteiger partial charge on any atom is -0.341 e. The molecule has 2 bridgehead atoms. The van der Waals surface area contributed by atoms with Crippen LogP contribution in [0, 0.1) is 5.92 Å². The second-order valence-corrected chi connectivity index (χ2v) is 4.71. The normalized spacial score (nSPS) is 38.3. The first kappa shape index (κ1) is 9.97. The zero-order valence-electron chi connectivity index (χ0n) is 9.12. The Morgan fingerprint density at radius 1 is 1.36 bits per heavy atom. The van der Waals surface area contributed by atoms with Gasteiger partial charge in [0.25, 0.3) is 0 Å². The van der Waals surface area contributed by atoms with E-state index in [0.717, 1.165) is 12.3 Å². The van der Waals surface area contributed by atoms with E-state index in [1.165, 1.54) is 25.7 Å². The Morgan fingerprint density at radius 2 is 2.14 bits per heavy atom. The third kappa shape index (κ3) is 1.65. The van der Waals surface area contributed by atoms with Crippen LogP contribution in [0.4, 0.5) is 0 Å². The predicted octanol–water partition coefficient (Wildman–Crippen LogP) is 0.995. The maximum atomic E-state index is 12.0. The zero-order valence-corrected chi connectivity index (χ0v) is 9.12. The highest BCUT2D eigenvalue weighted by Crippen LogP contribution is 2.33. The molecule has 2 rings (SSSR count). The van der Waals surface area contributed by atoms with Crippen molar-refractivity contribution < 1.29 is 4.79 Å². The van der Waals surface area contributed by atoms with Crippen molar-refractivity contribution >= 4 is 5.91 Å². The average Bonchev–Trinajstić information content (AvgIpc) is 2.30. The van der Waals surface area contributed by atoms with Crippen molar-refractivity contribution in [1.29, 1.82) is 0 Å². The summed E-state index contributed by atoms with van der Waals surface area (Å²) in [4.78, 5) is 14.0. The van der Waals surface area contributed by atoms with Gasteiger partial charge in [-0.1, -0.05) is 12.8 Å².